The first kappa shape index (κ1) is 16.9. The average Bonchev–Trinajstić information content (AvgIpc) is 3.34. The maximum Gasteiger partial charge on any atom is 0.321 e. The smallest absolute Gasteiger partial charge is 0.321 e. The molecule has 1 aromatic heterocycles. The first-order valence-electron chi connectivity index (χ1n) is 9.46. The van der Waals surface area contributed by atoms with Crippen LogP contribution in [0.2, 0.25) is 0 Å². The minimum atomic E-state index is -0.00642. The minimum Gasteiger partial charge on any atom is -0.370 e. The van der Waals surface area contributed by atoms with E-state index in [2.05, 4.69) is 26.5 Å². The lowest BCUT2D eigenvalue weighted by atomic mass is 9.96. The van der Waals surface area contributed by atoms with Crippen LogP contribution in [0.15, 0.2) is 30.6 Å². The molecule has 4 rings (SSSR count). The number of carbonyl (C=O) groups is 1. The van der Waals surface area contributed by atoms with Gasteiger partial charge in [-0.05, 0) is 37.8 Å². The fraction of sp³-hybridized carbons (Fsp3) is 0.526. The summed E-state index contributed by atoms with van der Waals surface area (Å²) in [7, 11) is 1.98. The lowest BCUT2D eigenvalue weighted by molar-refractivity contribution is 0.193. The molecule has 2 amide bonds. The van der Waals surface area contributed by atoms with Crippen LogP contribution >= 0.6 is 0 Å². The van der Waals surface area contributed by atoms with E-state index in [0.29, 0.717) is 5.92 Å². The first-order chi connectivity index (χ1) is 12.7. The SMILES string of the molecule is Cn1cnnc1C1CCN(C(=O)Nc2ccccc2N2CCCC2)CC1. The van der Waals surface area contributed by atoms with E-state index in [1.165, 1.54) is 12.8 Å². The number of urea groups is 1. The number of hydrogen-bond donors (Lipinski definition) is 1. The van der Waals surface area contributed by atoms with Gasteiger partial charge in [0, 0.05) is 39.1 Å². The molecule has 7 heteroatoms. The van der Waals surface area contributed by atoms with Crippen molar-refractivity contribution >= 4 is 17.4 Å². The van der Waals surface area contributed by atoms with Crippen LogP contribution in [0.3, 0.4) is 0 Å². The van der Waals surface area contributed by atoms with Crippen LogP contribution in [0.4, 0.5) is 16.2 Å². The van der Waals surface area contributed by atoms with Crippen LogP contribution in [0.5, 0.6) is 0 Å². The Bertz CT molecular complexity index is 759. The zero-order chi connectivity index (χ0) is 17.9. The molecule has 2 aliphatic heterocycles. The van der Waals surface area contributed by atoms with Gasteiger partial charge in [0.25, 0.3) is 0 Å². The van der Waals surface area contributed by atoms with Crippen LogP contribution < -0.4 is 10.2 Å². The summed E-state index contributed by atoms with van der Waals surface area (Å²) in [5.74, 6) is 1.40. The molecule has 0 spiro atoms. The Balaban J connectivity index is 1.38. The molecule has 0 aliphatic carbocycles. The maximum atomic E-state index is 12.8. The molecule has 0 atom stereocenters. The molecule has 2 saturated heterocycles. The van der Waals surface area contributed by atoms with Gasteiger partial charge in [0.15, 0.2) is 0 Å². The third kappa shape index (κ3) is 3.38. The van der Waals surface area contributed by atoms with Gasteiger partial charge in [-0.3, -0.25) is 0 Å². The number of hydrogen-bond acceptors (Lipinski definition) is 4. The summed E-state index contributed by atoms with van der Waals surface area (Å²) < 4.78 is 1.98. The molecule has 2 aromatic rings. The highest BCUT2D eigenvalue weighted by Crippen LogP contribution is 2.30. The van der Waals surface area contributed by atoms with Crippen molar-refractivity contribution in [2.24, 2.45) is 7.05 Å². The maximum absolute atomic E-state index is 12.8. The molecule has 1 aromatic carbocycles. The van der Waals surface area contributed by atoms with E-state index in [1.54, 1.807) is 6.33 Å². The number of aryl methyl sites for hydroxylation is 1. The van der Waals surface area contributed by atoms with E-state index in [0.717, 1.165) is 56.2 Å². The van der Waals surface area contributed by atoms with Crippen molar-refractivity contribution < 1.29 is 4.79 Å². The monoisotopic (exact) mass is 354 g/mol. The summed E-state index contributed by atoms with van der Waals surface area (Å²) in [6.07, 6.45) is 6.03. The Morgan fingerprint density at radius 3 is 2.54 bits per heavy atom. The number of aromatic nitrogens is 3. The molecule has 1 N–H and O–H groups in total. The second-order valence-corrected chi connectivity index (χ2v) is 7.20. The summed E-state index contributed by atoms with van der Waals surface area (Å²) in [6, 6.07) is 8.11. The summed E-state index contributed by atoms with van der Waals surface area (Å²) in [5.41, 5.74) is 2.04. The number of nitrogens with zero attached hydrogens (tertiary/aromatic N) is 5. The van der Waals surface area contributed by atoms with Crippen molar-refractivity contribution in [1.29, 1.82) is 0 Å². The Kier molecular flexibility index (Phi) is 4.77. The van der Waals surface area contributed by atoms with Gasteiger partial charge in [-0.2, -0.15) is 0 Å². The number of piperidine rings is 1. The third-order valence-electron chi connectivity index (χ3n) is 5.49. The lowest BCUT2D eigenvalue weighted by Gasteiger charge is -2.32. The standard InChI is InChI=1S/C19H26N6O/c1-23-14-20-22-18(23)15-8-12-25(13-9-15)19(26)21-16-6-2-3-7-17(16)24-10-4-5-11-24/h2-3,6-7,14-15H,4-5,8-13H2,1H3,(H,21,26). The fourth-order valence-corrected chi connectivity index (χ4v) is 4.01. The molecule has 26 heavy (non-hydrogen) atoms. The first-order valence-corrected chi connectivity index (χ1v) is 9.46. The lowest BCUT2D eigenvalue weighted by Crippen LogP contribution is -2.41. The van der Waals surface area contributed by atoms with Crippen LogP contribution in [-0.4, -0.2) is 51.9 Å². The zero-order valence-corrected chi connectivity index (χ0v) is 15.3. The summed E-state index contributed by atoms with van der Waals surface area (Å²) in [5, 5.41) is 11.3. The van der Waals surface area contributed by atoms with Gasteiger partial charge in [-0.1, -0.05) is 12.1 Å². The van der Waals surface area contributed by atoms with Crippen molar-refractivity contribution in [2.75, 3.05) is 36.4 Å². The third-order valence-corrected chi connectivity index (χ3v) is 5.49. The molecule has 0 unspecified atom stereocenters. The Labute approximate surface area is 154 Å². The summed E-state index contributed by atoms with van der Waals surface area (Å²) >= 11 is 0. The van der Waals surface area contributed by atoms with Gasteiger partial charge in [-0.25, -0.2) is 4.79 Å². The highest BCUT2D eigenvalue weighted by Gasteiger charge is 2.27. The number of likely N-dealkylation sites (tertiary alicyclic amines) is 1. The number of carbonyl (C=O) groups excluding carboxylic acids is 1. The predicted molar refractivity (Wildman–Crippen MR) is 101 cm³/mol. The molecule has 2 fully saturated rings. The Morgan fingerprint density at radius 1 is 1.12 bits per heavy atom. The average molecular weight is 354 g/mol. The number of anilines is 2. The number of rotatable bonds is 3. The van der Waals surface area contributed by atoms with Crippen LogP contribution in [0.1, 0.15) is 37.4 Å². The largest absolute Gasteiger partial charge is 0.370 e. The number of benzene rings is 1. The molecular weight excluding hydrogens is 328 g/mol. The van der Waals surface area contributed by atoms with Crippen molar-refractivity contribution in [2.45, 2.75) is 31.6 Å². The normalized spacial score (nSPS) is 18.3. The van der Waals surface area contributed by atoms with E-state index >= 15 is 0 Å². The van der Waals surface area contributed by atoms with Gasteiger partial charge < -0.3 is 19.7 Å². The van der Waals surface area contributed by atoms with Crippen LogP contribution in [-0.2, 0) is 7.05 Å². The quantitative estimate of drug-likeness (QED) is 0.920. The summed E-state index contributed by atoms with van der Waals surface area (Å²) in [6.45, 7) is 3.62. The van der Waals surface area contributed by atoms with E-state index in [4.69, 9.17) is 0 Å². The van der Waals surface area contributed by atoms with Crippen molar-refractivity contribution in [3.63, 3.8) is 0 Å². The van der Waals surface area contributed by atoms with E-state index in [9.17, 15) is 4.79 Å². The molecule has 138 valence electrons. The number of nitrogens with one attached hydrogen (secondary N) is 1. The molecular formula is C19H26N6O. The second-order valence-electron chi connectivity index (χ2n) is 7.20. The topological polar surface area (TPSA) is 66.3 Å². The second kappa shape index (κ2) is 7.35. The van der Waals surface area contributed by atoms with Gasteiger partial charge in [0.2, 0.25) is 0 Å². The zero-order valence-electron chi connectivity index (χ0n) is 15.3. The van der Waals surface area contributed by atoms with Gasteiger partial charge >= 0.3 is 6.03 Å². The Morgan fingerprint density at radius 2 is 1.85 bits per heavy atom. The Hall–Kier alpha value is -2.57. The van der Waals surface area contributed by atoms with Gasteiger partial charge in [-0.15, -0.1) is 10.2 Å². The molecule has 2 aliphatic rings. The minimum absolute atomic E-state index is 0.00642. The van der Waals surface area contributed by atoms with E-state index in [-0.39, 0.29) is 6.03 Å². The molecule has 7 nitrogen and oxygen atoms in total. The van der Waals surface area contributed by atoms with Crippen molar-refractivity contribution in [3.05, 3.63) is 36.4 Å². The predicted octanol–water partition coefficient (Wildman–Crippen LogP) is 2.83. The van der Waals surface area contributed by atoms with Crippen LogP contribution in [0.25, 0.3) is 0 Å². The number of amides is 2. The fourth-order valence-electron chi connectivity index (χ4n) is 4.01. The highest BCUT2D eigenvalue weighted by atomic mass is 16.2. The van der Waals surface area contributed by atoms with E-state index in [1.807, 2.05) is 34.7 Å². The van der Waals surface area contributed by atoms with Gasteiger partial charge in [0.1, 0.15) is 12.2 Å². The van der Waals surface area contributed by atoms with Crippen molar-refractivity contribution in [3.8, 4) is 0 Å². The van der Waals surface area contributed by atoms with Crippen molar-refractivity contribution in [1.82, 2.24) is 19.7 Å². The summed E-state index contributed by atoms with van der Waals surface area (Å²) in [4.78, 5) is 17.0. The molecule has 3 heterocycles. The molecule has 0 bridgehead atoms. The molecule has 0 saturated carbocycles. The highest BCUT2D eigenvalue weighted by molar-refractivity contribution is 5.93. The van der Waals surface area contributed by atoms with E-state index < -0.39 is 0 Å². The van der Waals surface area contributed by atoms with Crippen LogP contribution in [0, 0.1) is 0 Å². The van der Waals surface area contributed by atoms with Gasteiger partial charge in [0.05, 0.1) is 11.4 Å². The molecule has 0 radical (unpaired) electrons. The number of para-hydroxylation sites is 2.